The van der Waals surface area contributed by atoms with Crippen LogP contribution in [0.2, 0.25) is 0 Å². The Balaban J connectivity index is 1.49. The number of H-pyrrole nitrogens is 1. The number of aromatic amines is 1. The summed E-state index contributed by atoms with van der Waals surface area (Å²) in [5.74, 6) is -0.669. The van der Waals surface area contributed by atoms with Crippen molar-refractivity contribution in [1.82, 2.24) is 4.98 Å². The Morgan fingerprint density at radius 3 is 2.62 bits per heavy atom. The lowest BCUT2D eigenvalue weighted by atomic mass is 9.99. The van der Waals surface area contributed by atoms with Gasteiger partial charge in [0.05, 0.1) is 0 Å². The number of fused-ring (bicyclic) bond motifs is 2. The smallest absolute Gasteiger partial charge is 0.349 e. The molecule has 2 heterocycles. The van der Waals surface area contributed by atoms with E-state index in [9.17, 15) is 9.59 Å². The number of ketones is 1. The molecule has 1 aliphatic carbocycles. The van der Waals surface area contributed by atoms with Gasteiger partial charge in [0.25, 0.3) is 0 Å². The number of nitrogens with one attached hydrogen (secondary N) is 1. The number of aromatic nitrogens is 1. The minimum Gasteiger partial charge on any atom is -0.445 e. The molecule has 5 rings (SSSR count). The molecule has 1 aliphatic rings. The quantitative estimate of drug-likeness (QED) is 0.355. The zero-order valence-electron chi connectivity index (χ0n) is 15.7. The summed E-state index contributed by atoms with van der Waals surface area (Å²) in [4.78, 5) is 31.3. The maximum Gasteiger partial charge on any atom is 0.349 e. The van der Waals surface area contributed by atoms with Crippen molar-refractivity contribution in [2.45, 2.75) is 25.4 Å². The van der Waals surface area contributed by atoms with Gasteiger partial charge in [0.1, 0.15) is 4.88 Å². The van der Waals surface area contributed by atoms with Gasteiger partial charge in [0.2, 0.25) is 5.78 Å². The molecule has 29 heavy (non-hydrogen) atoms. The van der Waals surface area contributed by atoms with E-state index in [-0.39, 0.29) is 5.78 Å². The standard InChI is InChI=1S/C24H19NO3S/c26-22(18-14-25-19-11-5-4-10-17(18)19)23(15-7-2-1-3-8-15)28-24(27)21-13-16-9-6-12-20(16)29-21/h1-5,7-8,10-11,13-14,23,25H,6,9,12H2. The molecule has 2 aromatic carbocycles. The third-order valence-electron chi connectivity index (χ3n) is 5.37. The monoisotopic (exact) mass is 401 g/mol. The highest BCUT2D eigenvalue weighted by molar-refractivity contribution is 7.14. The van der Waals surface area contributed by atoms with Gasteiger partial charge in [-0.25, -0.2) is 4.79 Å². The second-order valence-corrected chi connectivity index (χ2v) is 8.36. The molecule has 1 N–H and O–H groups in total. The van der Waals surface area contributed by atoms with Crippen LogP contribution >= 0.6 is 11.3 Å². The van der Waals surface area contributed by atoms with Crippen LogP contribution in [0.25, 0.3) is 10.9 Å². The molecule has 0 aliphatic heterocycles. The Hall–Kier alpha value is -3.18. The molecule has 4 aromatic rings. The number of benzene rings is 2. The van der Waals surface area contributed by atoms with Crippen LogP contribution in [0.5, 0.6) is 0 Å². The van der Waals surface area contributed by atoms with Crippen molar-refractivity contribution in [2.75, 3.05) is 0 Å². The van der Waals surface area contributed by atoms with Crippen molar-refractivity contribution in [2.24, 2.45) is 0 Å². The molecular formula is C24H19NO3S. The maximum absolute atomic E-state index is 13.4. The van der Waals surface area contributed by atoms with E-state index in [1.165, 1.54) is 21.8 Å². The summed E-state index contributed by atoms with van der Waals surface area (Å²) < 4.78 is 5.80. The van der Waals surface area contributed by atoms with E-state index in [2.05, 4.69) is 4.98 Å². The first-order valence-corrected chi connectivity index (χ1v) is 10.5. The number of hydrogen-bond acceptors (Lipinski definition) is 4. The van der Waals surface area contributed by atoms with E-state index in [1.54, 1.807) is 6.20 Å². The third-order valence-corrected chi connectivity index (χ3v) is 6.58. The second kappa shape index (κ2) is 7.33. The molecular weight excluding hydrogens is 382 g/mol. The van der Waals surface area contributed by atoms with E-state index in [0.29, 0.717) is 16.0 Å². The van der Waals surface area contributed by atoms with Gasteiger partial charge in [0.15, 0.2) is 6.10 Å². The van der Waals surface area contributed by atoms with Gasteiger partial charge in [-0.2, -0.15) is 0 Å². The predicted octanol–water partition coefficient (Wildman–Crippen LogP) is 5.50. The number of aryl methyl sites for hydroxylation is 2. The van der Waals surface area contributed by atoms with Crippen LogP contribution in [0.15, 0.2) is 66.9 Å². The average Bonchev–Trinajstić information content (AvgIpc) is 3.46. The molecule has 0 spiro atoms. The van der Waals surface area contributed by atoms with Crippen molar-refractivity contribution >= 4 is 34.0 Å². The molecule has 0 saturated heterocycles. The Morgan fingerprint density at radius 2 is 1.79 bits per heavy atom. The number of Topliss-reactive ketones (excluding diaryl/α,β-unsaturated/α-hetero) is 1. The second-order valence-electron chi connectivity index (χ2n) is 7.22. The fraction of sp³-hybridized carbons (Fsp3) is 0.167. The van der Waals surface area contributed by atoms with Crippen LogP contribution < -0.4 is 0 Å². The highest BCUT2D eigenvalue weighted by Crippen LogP contribution is 2.33. The van der Waals surface area contributed by atoms with E-state index < -0.39 is 12.1 Å². The largest absolute Gasteiger partial charge is 0.445 e. The molecule has 1 atom stereocenters. The number of esters is 1. The van der Waals surface area contributed by atoms with Crippen molar-refractivity contribution < 1.29 is 14.3 Å². The minimum atomic E-state index is -0.986. The Kier molecular flexibility index (Phi) is 4.52. The fourth-order valence-corrected chi connectivity index (χ4v) is 5.05. The molecule has 0 fully saturated rings. The number of carbonyl (C=O) groups is 2. The number of para-hydroxylation sites is 1. The number of rotatable bonds is 5. The Bertz CT molecular complexity index is 1180. The van der Waals surface area contributed by atoms with Crippen LogP contribution in [0, 0.1) is 0 Å². The summed E-state index contributed by atoms with van der Waals surface area (Å²) in [6.07, 6.45) is 3.87. The van der Waals surface area contributed by atoms with Gasteiger partial charge in [-0.15, -0.1) is 11.3 Å². The first-order chi connectivity index (χ1) is 14.2. The van der Waals surface area contributed by atoms with Gasteiger partial charge >= 0.3 is 5.97 Å². The summed E-state index contributed by atoms with van der Waals surface area (Å²) in [5, 5.41) is 0.824. The van der Waals surface area contributed by atoms with Crippen molar-refractivity contribution in [3.05, 3.63) is 93.3 Å². The molecule has 5 heteroatoms. The summed E-state index contributed by atoms with van der Waals surface area (Å²) in [7, 11) is 0. The lowest BCUT2D eigenvalue weighted by Crippen LogP contribution is -2.19. The summed E-state index contributed by atoms with van der Waals surface area (Å²) in [5.41, 5.74) is 3.31. The van der Waals surface area contributed by atoms with Gasteiger partial charge < -0.3 is 9.72 Å². The molecule has 0 bridgehead atoms. The van der Waals surface area contributed by atoms with E-state index >= 15 is 0 Å². The summed E-state index contributed by atoms with van der Waals surface area (Å²) in [6.45, 7) is 0. The summed E-state index contributed by atoms with van der Waals surface area (Å²) in [6, 6.07) is 18.8. The predicted molar refractivity (Wildman–Crippen MR) is 114 cm³/mol. The van der Waals surface area contributed by atoms with Crippen molar-refractivity contribution in [3.8, 4) is 0 Å². The fourth-order valence-electron chi connectivity index (χ4n) is 3.91. The third kappa shape index (κ3) is 3.28. The normalized spacial score (nSPS) is 13.9. The van der Waals surface area contributed by atoms with Crippen LogP contribution in [0.4, 0.5) is 0 Å². The van der Waals surface area contributed by atoms with Crippen molar-refractivity contribution in [1.29, 1.82) is 0 Å². The van der Waals surface area contributed by atoms with E-state index in [1.807, 2.05) is 60.7 Å². The molecule has 1 unspecified atom stereocenters. The number of carbonyl (C=O) groups excluding carboxylic acids is 2. The highest BCUT2D eigenvalue weighted by Gasteiger charge is 2.29. The van der Waals surface area contributed by atoms with E-state index in [4.69, 9.17) is 4.74 Å². The number of thiophene rings is 1. The number of ether oxygens (including phenoxy) is 1. The van der Waals surface area contributed by atoms with Gasteiger partial charge in [0, 0.05) is 33.1 Å². The van der Waals surface area contributed by atoms with Crippen LogP contribution in [0.3, 0.4) is 0 Å². The van der Waals surface area contributed by atoms with Crippen molar-refractivity contribution in [3.63, 3.8) is 0 Å². The van der Waals surface area contributed by atoms with Gasteiger partial charge in [-0.1, -0.05) is 48.5 Å². The van der Waals surface area contributed by atoms with Gasteiger partial charge in [-0.3, -0.25) is 4.79 Å². The Morgan fingerprint density at radius 1 is 1.00 bits per heavy atom. The lowest BCUT2D eigenvalue weighted by molar-refractivity contribution is 0.0285. The first kappa shape index (κ1) is 17.9. The van der Waals surface area contributed by atoms with Crippen LogP contribution in [-0.4, -0.2) is 16.7 Å². The minimum absolute atomic E-state index is 0.230. The SMILES string of the molecule is O=C(OC(C(=O)c1c[nH]c2ccccc12)c1ccccc1)c1cc2c(s1)CCC2. The van der Waals surface area contributed by atoms with E-state index in [0.717, 1.165) is 30.2 Å². The van der Waals surface area contributed by atoms with Crippen LogP contribution in [0.1, 0.15) is 48.6 Å². The van der Waals surface area contributed by atoms with Gasteiger partial charge in [-0.05, 0) is 37.0 Å². The average molecular weight is 401 g/mol. The topological polar surface area (TPSA) is 59.2 Å². The molecule has 0 amide bonds. The zero-order chi connectivity index (χ0) is 19.8. The first-order valence-electron chi connectivity index (χ1n) is 9.68. The molecule has 0 radical (unpaired) electrons. The number of hydrogen-bond donors (Lipinski definition) is 1. The molecule has 4 nitrogen and oxygen atoms in total. The lowest BCUT2D eigenvalue weighted by Gasteiger charge is -2.17. The van der Waals surface area contributed by atoms with Crippen LogP contribution in [-0.2, 0) is 17.6 Å². The maximum atomic E-state index is 13.4. The Labute approximate surface area is 172 Å². The zero-order valence-corrected chi connectivity index (χ0v) is 16.5. The molecule has 144 valence electrons. The summed E-state index contributed by atoms with van der Waals surface area (Å²) >= 11 is 1.49. The highest BCUT2D eigenvalue weighted by atomic mass is 32.1. The molecule has 2 aromatic heterocycles. The molecule has 0 saturated carbocycles.